The monoisotopic (exact) mass is 385 g/mol. The molecule has 0 bridgehead atoms. The number of aromatic amines is 1. The van der Waals surface area contributed by atoms with Gasteiger partial charge in [0.2, 0.25) is 0 Å². The molecule has 1 atom stereocenters. The second-order valence-corrected chi connectivity index (χ2v) is 6.97. The maximum absolute atomic E-state index is 12.6. The highest BCUT2D eigenvalue weighted by molar-refractivity contribution is 6.31. The van der Waals surface area contributed by atoms with Gasteiger partial charge in [-0.15, -0.1) is 0 Å². The van der Waals surface area contributed by atoms with Crippen LogP contribution in [0.3, 0.4) is 0 Å². The molecule has 0 saturated carbocycles. The first-order chi connectivity index (χ1) is 13.1. The Labute approximate surface area is 161 Å². The highest BCUT2D eigenvalue weighted by Crippen LogP contribution is 2.39. The molecule has 0 aliphatic carbocycles. The molecule has 1 aliphatic heterocycles. The van der Waals surface area contributed by atoms with Crippen LogP contribution in [0.5, 0.6) is 0 Å². The fourth-order valence-electron chi connectivity index (χ4n) is 3.77. The van der Waals surface area contributed by atoms with Crippen molar-refractivity contribution >= 4 is 34.3 Å². The van der Waals surface area contributed by atoms with Crippen LogP contribution in [0.2, 0.25) is 5.02 Å². The smallest absolute Gasteiger partial charge is 0.410 e. The van der Waals surface area contributed by atoms with E-state index in [-0.39, 0.29) is 12.1 Å². The van der Waals surface area contributed by atoms with E-state index in [1.54, 1.807) is 24.0 Å². The number of fused-ring (bicyclic) bond motifs is 3. The van der Waals surface area contributed by atoms with Crippen LogP contribution in [0.15, 0.2) is 42.5 Å². The zero-order valence-corrected chi connectivity index (χ0v) is 15.6. The number of amides is 1. The topological polar surface area (TPSA) is 85.0 Å². The number of H-pyrrole nitrogens is 1. The van der Waals surface area contributed by atoms with Crippen LogP contribution in [0.25, 0.3) is 10.9 Å². The largest absolute Gasteiger partial charge is 0.630 e. The molecule has 4 rings (SSSR count). The zero-order chi connectivity index (χ0) is 19.0. The molecule has 140 valence electrons. The number of halogens is 1. The zero-order valence-electron chi connectivity index (χ0n) is 14.9. The van der Waals surface area contributed by atoms with Gasteiger partial charge in [0.1, 0.15) is 11.7 Å². The predicted octanol–water partition coefficient (Wildman–Crippen LogP) is 3.62. The van der Waals surface area contributed by atoms with E-state index in [1.165, 1.54) is 0 Å². The van der Waals surface area contributed by atoms with E-state index in [0.717, 1.165) is 39.6 Å². The summed E-state index contributed by atoms with van der Waals surface area (Å²) in [7, 11) is 0. The van der Waals surface area contributed by atoms with Gasteiger partial charge in [0, 0.05) is 28.2 Å². The Hall–Kier alpha value is -2.54. The van der Waals surface area contributed by atoms with E-state index >= 15 is 0 Å². The van der Waals surface area contributed by atoms with Crippen molar-refractivity contribution in [3.8, 4) is 0 Å². The molecule has 1 aromatic heterocycles. The number of benzene rings is 2. The van der Waals surface area contributed by atoms with Crippen LogP contribution in [-0.2, 0) is 11.2 Å². The van der Waals surface area contributed by atoms with Gasteiger partial charge in [0.25, 0.3) is 0 Å². The Morgan fingerprint density at radius 3 is 2.81 bits per heavy atom. The summed E-state index contributed by atoms with van der Waals surface area (Å²) in [6, 6.07) is 12.7. The second kappa shape index (κ2) is 7.23. The number of carbonyl (C=O) groups excluding carboxylic acids is 1. The number of hydrogen-bond donors (Lipinski definition) is 2. The minimum atomic E-state index is -0.343. The van der Waals surface area contributed by atoms with Crippen molar-refractivity contribution in [1.29, 1.82) is 0 Å². The first-order valence-corrected chi connectivity index (χ1v) is 9.28. The maximum atomic E-state index is 12.6. The van der Waals surface area contributed by atoms with E-state index in [4.69, 9.17) is 16.3 Å². The number of aromatic nitrogens is 1. The lowest BCUT2D eigenvalue weighted by atomic mass is 9.92. The van der Waals surface area contributed by atoms with Crippen molar-refractivity contribution in [2.24, 2.45) is 0 Å². The van der Waals surface area contributed by atoms with Crippen LogP contribution in [0, 0.1) is 5.21 Å². The van der Waals surface area contributed by atoms with Crippen molar-refractivity contribution < 1.29 is 15.0 Å². The molecule has 1 amide bonds. The average Bonchev–Trinajstić information content (AvgIpc) is 3.05. The van der Waals surface area contributed by atoms with Gasteiger partial charge in [-0.1, -0.05) is 23.7 Å². The molecule has 27 heavy (non-hydrogen) atoms. The summed E-state index contributed by atoms with van der Waals surface area (Å²) < 4.78 is 5.28. The number of ether oxygens (including phenoxy) is 1. The Morgan fingerprint density at radius 1 is 1.33 bits per heavy atom. The molecule has 3 aromatic rings. The Morgan fingerprint density at radius 2 is 2.11 bits per heavy atom. The lowest BCUT2D eigenvalue weighted by Gasteiger charge is -2.35. The van der Waals surface area contributed by atoms with Gasteiger partial charge >= 0.3 is 6.09 Å². The normalized spacial score (nSPS) is 16.4. The number of quaternary nitrogens is 1. The highest BCUT2D eigenvalue weighted by atomic mass is 35.5. The summed E-state index contributed by atoms with van der Waals surface area (Å²) in [4.78, 5) is 17.8. The summed E-state index contributed by atoms with van der Waals surface area (Å²) in [6.07, 6.45) is 0.376. The molecule has 6 nitrogen and oxygen atoms in total. The number of nitrogens with one attached hydrogen (secondary N) is 1. The molecule has 1 aliphatic rings. The van der Waals surface area contributed by atoms with Crippen molar-refractivity contribution in [3.05, 3.63) is 69.5 Å². The molecule has 3 N–H and O–H groups in total. The van der Waals surface area contributed by atoms with Crippen molar-refractivity contribution in [2.45, 2.75) is 19.4 Å². The average molecular weight is 386 g/mol. The van der Waals surface area contributed by atoms with Crippen molar-refractivity contribution in [1.82, 2.24) is 9.88 Å². The molecule has 1 unspecified atom stereocenters. The molecule has 0 radical (unpaired) electrons. The van der Waals surface area contributed by atoms with Crippen molar-refractivity contribution in [3.63, 3.8) is 0 Å². The molecule has 2 aromatic carbocycles. The van der Waals surface area contributed by atoms with Gasteiger partial charge in [-0.3, -0.25) is 4.90 Å². The minimum absolute atomic E-state index is 0.306. The molecule has 7 heteroatoms. The third kappa shape index (κ3) is 3.16. The van der Waals surface area contributed by atoms with Gasteiger partial charge in [-0.2, -0.15) is 0 Å². The summed E-state index contributed by atoms with van der Waals surface area (Å²) in [5, 5.41) is 12.8. The first-order valence-electron chi connectivity index (χ1n) is 8.91. The van der Waals surface area contributed by atoms with E-state index in [1.807, 2.05) is 30.3 Å². The van der Waals surface area contributed by atoms with Gasteiger partial charge in [0.05, 0.1) is 6.61 Å². The standard InChI is InChI=1S/C20H20ClN3O3/c1-2-27-20(25)24-10-9-15-16-11-13(21)5-8-17(16)22-18(15)19(24)12-3-6-14(23-26)7-4-12/h3-8,11,19,22H,2,9-10,23H2,1H3. The number of nitrogens with zero attached hydrogens (tertiary/aromatic N) is 1. The van der Waals surface area contributed by atoms with E-state index < -0.39 is 0 Å². The third-order valence-corrected chi connectivity index (χ3v) is 5.21. The van der Waals surface area contributed by atoms with Gasteiger partial charge < -0.3 is 20.4 Å². The third-order valence-electron chi connectivity index (χ3n) is 4.98. The second-order valence-electron chi connectivity index (χ2n) is 6.54. The van der Waals surface area contributed by atoms with Crippen LogP contribution in [0.1, 0.15) is 29.8 Å². The molecule has 0 spiro atoms. The van der Waals surface area contributed by atoms with Crippen LogP contribution < -0.4 is 5.48 Å². The molecule has 2 heterocycles. The number of carbonyl (C=O) groups is 1. The molecular weight excluding hydrogens is 366 g/mol. The summed E-state index contributed by atoms with van der Waals surface area (Å²) in [5.74, 6) is 0. The summed E-state index contributed by atoms with van der Waals surface area (Å²) in [5.41, 5.74) is 5.45. The fraction of sp³-hybridized carbons (Fsp3) is 0.250. The van der Waals surface area contributed by atoms with Crippen molar-refractivity contribution in [2.75, 3.05) is 13.2 Å². The van der Waals surface area contributed by atoms with Gasteiger partial charge in [0.15, 0.2) is 0 Å². The fourth-order valence-corrected chi connectivity index (χ4v) is 3.94. The SMILES string of the molecule is CCOC(=O)N1CCc2c([nH]c3ccc(Cl)cc23)C1c1ccc([NH2+][O-])cc1. The lowest BCUT2D eigenvalue weighted by molar-refractivity contribution is -0.497. The quantitative estimate of drug-likeness (QED) is 0.533. The molecule has 0 saturated heterocycles. The van der Waals surface area contributed by atoms with Crippen LogP contribution in [0.4, 0.5) is 10.5 Å². The van der Waals surface area contributed by atoms with Gasteiger partial charge in [-0.25, -0.2) is 4.79 Å². The number of nitrogens with two attached hydrogens (primary N) is 1. The van der Waals surface area contributed by atoms with E-state index in [9.17, 15) is 10.0 Å². The molecular formula is C20H20ClN3O3. The maximum Gasteiger partial charge on any atom is 0.410 e. The number of hydrogen-bond acceptors (Lipinski definition) is 3. The lowest BCUT2D eigenvalue weighted by Crippen LogP contribution is -2.70. The Bertz CT molecular complexity index is 984. The first kappa shape index (κ1) is 17.9. The van der Waals surface area contributed by atoms with E-state index in [2.05, 4.69) is 4.98 Å². The van der Waals surface area contributed by atoms with Crippen LogP contribution >= 0.6 is 11.6 Å². The van der Waals surface area contributed by atoms with E-state index in [0.29, 0.717) is 23.9 Å². The van der Waals surface area contributed by atoms with Crippen LogP contribution in [-0.4, -0.2) is 29.1 Å². The summed E-state index contributed by atoms with van der Waals surface area (Å²) in [6.45, 7) is 2.67. The number of rotatable bonds is 3. The summed E-state index contributed by atoms with van der Waals surface area (Å²) >= 11 is 6.19. The molecule has 0 fully saturated rings. The minimum Gasteiger partial charge on any atom is -0.630 e. The Kier molecular flexibility index (Phi) is 4.78. The Balaban J connectivity index is 1.86. The highest BCUT2D eigenvalue weighted by Gasteiger charge is 2.35. The van der Waals surface area contributed by atoms with Gasteiger partial charge in [-0.05, 0) is 54.8 Å². The predicted molar refractivity (Wildman–Crippen MR) is 104 cm³/mol.